The number of carbonyl (C=O) groups is 2. The average molecular weight is 445 g/mol. The molecule has 0 unspecified atom stereocenters. The van der Waals surface area contributed by atoms with Gasteiger partial charge in [0.25, 0.3) is 0 Å². The normalized spacial score (nSPS) is 14.3. The van der Waals surface area contributed by atoms with E-state index in [1.807, 2.05) is 31.2 Å². The molecule has 0 bridgehead atoms. The summed E-state index contributed by atoms with van der Waals surface area (Å²) in [5.41, 5.74) is 3.26. The fourth-order valence-electron chi connectivity index (χ4n) is 3.41. The highest BCUT2D eigenvalue weighted by Gasteiger charge is 2.24. The highest BCUT2D eigenvalue weighted by molar-refractivity contribution is 7.92. The van der Waals surface area contributed by atoms with Crippen LogP contribution in [0, 0.1) is 6.92 Å². The largest absolute Gasteiger partial charge is 0.339 e. The van der Waals surface area contributed by atoms with Crippen LogP contribution in [-0.2, 0) is 27.8 Å². The van der Waals surface area contributed by atoms with Gasteiger partial charge in [0, 0.05) is 32.7 Å². The predicted molar refractivity (Wildman–Crippen MR) is 120 cm³/mol. The Morgan fingerprint density at radius 2 is 1.55 bits per heavy atom. The first-order valence-corrected chi connectivity index (χ1v) is 12.0. The van der Waals surface area contributed by atoms with Crippen LogP contribution in [0.25, 0.3) is 0 Å². The first-order valence-electron chi connectivity index (χ1n) is 10.1. The summed E-state index contributed by atoms with van der Waals surface area (Å²) in [5, 5.41) is 2.83. The molecule has 1 aliphatic heterocycles. The van der Waals surface area contributed by atoms with Crippen LogP contribution in [0.4, 0.5) is 10.5 Å². The Morgan fingerprint density at radius 3 is 2.19 bits per heavy atom. The maximum atomic E-state index is 12.5. The molecule has 0 aliphatic carbocycles. The average Bonchev–Trinajstić information content (AvgIpc) is 2.73. The second kappa shape index (κ2) is 9.82. The van der Waals surface area contributed by atoms with Crippen molar-refractivity contribution < 1.29 is 18.0 Å². The van der Waals surface area contributed by atoms with Gasteiger partial charge in [-0.2, -0.15) is 0 Å². The molecule has 2 N–H and O–H groups in total. The van der Waals surface area contributed by atoms with E-state index in [2.05, 4.69) is 10.0 Å². The van der Waals surface area contributed by atoms with Gasteiger partial charge < -0.3 is 15.1 Å². The predicted octanol–water partition coefficient (Wildman–Crippen LogP) is 1.96. The standard InChI is InChI=1S/C22H28N4O4S/c1-17-7-9-18(10-8-17)15-21(27)25-11-13-26(14-12-25)22(28)23-16-19-5-3-4-6-20(19)24-31(2,29)30/h3-10,24H,11-16H2,1-2H3,(H,23,28). The van der Waals surface area contributed by atoms with Crippen LogP contribution in [0.1, 0.15) is 16.7 Å². The summed E-state index contributed by atoms with van der Waals surface area (Å²) in [6.07, 6.45) is 1.44. The molecule has 1 aliphatic rings. The van der Waals surface area contributed by atoms with Crippen molar-refractivity contribution in [2.75, 3.05) is 37.2 Å². The molecule has 8 nitrogen and oxygen atoms in total. The molecule has 31 heavy (non-hydrogen) atoms. The number of hydrogen-bond acceptors (Lipinski definition) is 4. The second-order valence-corrected chi connectivity index (χ2v) is 9.47. The van der Waals surface area contributed by atoms with Gasteiger partial charge in [-0.1, -0.05) is 48.0 Å². The van der Waals surface area contributed by atoms with Crippen LogP contribution in [0.2, 0.25) is 0 Å². The van der Waals surface area contributed by atoms with Crippen molar-refractivity contribution in [1.82, 2.24) is 15.1 Å². The number of benzene rings is 2. The van der Waals surface area contributed by atoms with Gasteiger partial charge in [-0.25, -0.2) is 13.2 Å². The van der Waals surface area contributed by atoms with E-state index in [1.165, 1.54) is 0 Å². The van der Waals surface area contributed by atoms with E-state index in [0.717, 1.165) is 17.4 Å². The van der Waals surface area contributed by atoms with Crippen LogP contribution in [0.15, 0.2) is 48.5 Å². The Morgan fingerprint density at radius 1 is 0.935 bits per heavy atom. The van der Waals surface area contributed by atoms with E-state index in [4.69, 9.17) is 0 Å². The molecule has 3 rings (SSSR count). The summed E-state index contributed by atoms with van der Waals surface area (Å²) in [6, 6.07) is 14.6. The minimum absolute atomic E-state index is 0.0599. The number of urea groups is 1. The molecule has 2 aromatic rings. The number of nitrogens with zero attached hydrogens (tertiary/aromatic N) is 2. The van der Waals surface area contributed by atoms with Crippen molar-refractivity contribution in [3.8, 4) is 0 Å². The first-order chi connectivity index (χ1) is 14.7. The van der Waals surface area contributed by atoms with Gasteiger partial charge in [-0.05, 0) is 24.1 Å². The Hall–Kier alpha value is -3.07. The third-order valence-corrected chi connectivity index (χ3v) is 5.73. The van der Waals surface area contributed by atoms with Gasteiger partial charge in [0.15, 0.2) is 0 Å². The molecular formula is C22H28N4O4S. The lowest BCUT2D eigenvalue weighted by Crippen LogP contribution is -2.53. The highest BCUT2D eigenvalue weighted by atomic mass is 32.2. The summed E-state index contributed by atoms with van der Waals surface area (Å²) in [5.74, 6) is 0.0599. The maximum absolute atomic E-state index is 12.5. The van der Waals surface area contributed by atoms with Gasteiger partial charge in [0.1, 0.15) is 0 Å². The molecule has 0 aromatic heterocycles. The van der Waals surface area contributed by atoms with Gasteiger partial charge in [0.05, 0.1) is 18.4 Å². The number of piperazine rings is 1. The quantitative estimate of drug-likeness (QED) is 0.712. The number of nitrogens with one attached hydrogen (secondary N) is 2. The molecule has 2 aromatic carbocycles. The molecule has 0 spiro atoms. The number of rotatable bonds is 6. The lowest BCUT2D eigenvalue weighted by atomic mass is 10.1. The van der Waals surface area contributed by atoms with Gasteiger partial charge >= 0.3 is 6.03 Å². The Bertz CT molecular complexity index is 1030. The van der Waals surface area contributed by atoms with Crippen molar-refractivity contribution in [3.05, 3.63) is 65.2 Å². The third kappa shape index (κ3) is 6.71. The van der Waals surface area contributed by atoms with E-state index in [9.17, 15) is 18.0 Å². The highest BCUT2D eigenvalue weighted by Crippen LogP contribution is 2.16. The number of amides is 3. The lowest BCUT2D eigenvalue weighted by Gasteiger charge is -2.34. The monoisotopic (exact) mass is 444 g/mol. The summed E-state index contributed by atoms with van der Waals surface area (Å²) in [4.78, 5) is 28.5. The zero-order chi connectivity index (χ0) is 22.4. The minimum Gasteiger partial charge on any atom is -0.339 e. The maximum Gasteiger partial charge on any atom is 0.317 e. The SMILES string of the molecule is Cc1ccc(CC(=O)N2CCN(C(=O)NCc3ccccc3NS(C)(=O)=O)CC2)cc1. The van der Waals surface area contributed by atoms with Crippen LogP contribution in [-0.4, -0.2) is 62.6 Å². The van der Waals surface area contributed by atoms with Crippen molar-refractivity contribution in [2.45, 2.75) is 19.9 Å². The zero-order valence-electron chi connectivity index (χ0n) is 17.8. The number of sulfonamides is 1. The molecule has 1 heterocycles. The van der Waals surface area contributed by atoms with E-state index < -0.39 is 10.0 Å². The van der Waals surface area contributed by atoms with E-state index in [-0.39, 0.29) is 18.5 Å². The third-order valence-electron chi connectivity index (χ3n) is 5.14. The van der Waals surface area contributed by atoms with Gasteiger partial charge in [-0.15, -0.1) is 0 Å². The molecule has 166 valence electrons. The molecule has 1 saturated heterocycles. The van der Waals surface area contributed by atoms with Crippen LogP contribution in [0.5, 0.6) is 0 Å². The van der Waals surface area contributed by atoms with E-state index >= 15 is 0 Å². The Kier molecular flexibility index (Phi) is 7.17. The topological polar surface area (TPSA) is 98.8 Å². The fraction of sp³-hybridized carbons (Fsp3) is 0.364. The van der Waals surface area contributed by atoms with Crippen LogP contribution < -0.4 is 10.0 Å². The van der Waals surface area contributed by atoms with Gasteiger partial charge in [0.2, 0.25) is 15.9 Å². The molecule has 0 atom stereocenters. The summed E-state index contributed by atoms with van der Waals surface area (Å²) < 4.78 is 25.5. The van der Waals surface area contributed by atoms with Crippen molar-refractivity contribution in [3.63, 3.8) is 0 Å². The molecule has 9 heteroatoms. The second-order valence-electron chi connectivity index (χ2n) is 7.72. The van der Waals surface area contributed by atoms with E-state index in [0.29, 0.717) is 43.9 Å². The number of hydrogen-bond donors (Lipinski definition) is 2. The number of carbonyl (C=O) groups excluding carboxylic acids is 2. The molecule has 0 saturated carbocycles. The summed E-state index contributed by atoms with van der Waals surface area (Å²) in [6.45, 7) is 4.10. The van der Waals surface area contributed by atoms with Crippen LogP contribution in [0.3, 0.4) is 0 Å². The van der Waals surface area contributed by atoms with Gasteiger partial charge in [-0.3, -0.25) is 9.52 Å². The summed E-state index contributed by atoms with van der Waals surface area (Å²) >= 11 is 0. The minimum atomic E-state index is -3.41. The van der Waals surface area contributed by atoms with E-state index in [1.54, 1.807) is 34.1 Å². The fourth-order valence-corrected chi connectivity index (χ4v) is 4.01. The molecular weight excluding hydrogens is 416 g/mol. The molecule has 1 fully saturated rings. The summed E-state index contributed by atoms with van der Waals surface area (Å²) in [7, 11) is -3.41. The lowest BCUT2D eigenvalue weighted by molar-refractivity contribution is -0.131. The Balaban J connectivity index is 1.48. The number of aryl methyl sites for hydroxylation is 1. The molecule has 3 amide bonds. The van der Waals surface area contributed by atoms with Crippen molar-refractivity contribution in [1.29, 1.82) is 0 Å². The number of anilines is 1. The smallest absolute Gasteiger partial charge is 0.317 e. The van der Waals surface area contributed by atoms with Crippen LogP contribution >= 0.6 is 0 Å². The zero-order valence-corrected chi connectivity index (χ0v) is 18.6. The van der Waals surface area contributed by atoms with Crippen molar-refractivity contribution >= 4 is 27.6 Å². The molecule has 0 radical (unpaired) electrons. The number of para-hydroxylation sites is 1. The van der Waals surface area contributed by atoms with Crippen molar-refractivity contribution in [2.24, 2.45) is 0 Å². The Labute approximate surface area is 183 Å². The first kappa shape index (κ1) is 22.6.